The van der Waals surface area contributed by atoms with E-state index in [1.54, 1.807) is 6.08 Å². The molecule has 0 aliphatic rings. The molecule has 0 rings (SSSR count). The zero-order chi connectivity index (χ0) is 10.3. The fraction of sp³-hybridized carbons (Fsp3) is 0.333. The first-order valence-corrected chi connectivity index (χ1v) is 5.12. The van der Waals surface area contributed by atoms with Gasteiger partial charge in [-0.3, -0.25) is 0 Å². The van der Waals surface area contributed by atoms with Crippen LogP contribution >= 0.6 is 11.8 Å². The minimum atomic E-state index is 0.238. The van der Waals surface area contributed by atoms with Crippen LogP contribution in [0, 0.1) is 0 Å². The fourth-order valence-electron chi connectivity index (χ4n) is 0.726. The van der Waals surface area contributed by atoms with Crippen molar-refractivity contribution in [1.82, 2.24) is 0 Å². The SMILES string of the molecule is C=C/C=C\C=C(/C=C)SC(C)(C)C. The quantitative estimate of drug-likeness (QED) is 0.600. The van der Waals surface area contributed by atoms with Crippen LogP contribution in [-0.4, -0.2) is 4.75 Å². The van der Waals surface area contributed by atoms with E-state index in [-0.39, 0.29) is 4.75 Å². The number of allylic oxidation sites excluding steroid dienone is 5. The summed E-state index contributed by atoms with van der Waals surface area (Å²) in [6, 6.07) is 0. The van der Waals surface area contributed by atoms with Crippen LogP contribution in [0.15, 0.2) is 48.4 Å². The van der Waals surface area contributed by atoms with Crippen LogP contribution in [-0.2, 0) is 0 Å². The van der Waals surface area contributed by atoms with E-state index < -0.39 is 0 Å². The Hall–Kier alpha value is -0.690. The average molecular weight is 194 g/mol. The molecule has 1 heteroatoms. The highest BCUT2D eigenvalue weighted by atomic mass is 32.2. The van der Waals surface area contributed by atoms with Gasteiger partial charge in [0, 0.05) is 9.65 Å². The first kappa shape index (κ1) is 12.3. The van der Waals surface area contributed by atoms with Crippen LogP contribution in [0.4, 0.5) is 0 Å². The normalized spacial score (nSPS) is 13.3. The van der Waals surface area contributed by atoms with E-state index in [4.69, 9.17) is 0 Å². The lowest BCUT2D eigenvalue weighted by Crippen LogP contribution is -2.06. The zero-order valence-corrected chi connectivity index (χ0v) is 9.53. The van der Waals surface area contributed by atoms with E-state index in [0.717, 1.165) is 0 Å². The largest absolute Gasteiger partial charge is 0.120 e. The third-order valence-electron chi connectivity index (χ3n) is 1.13. The maximum Gasteiger partial charge on any atom is 0.0122 e. The van der Waals surface area contributed by atoms with E-state index in [0.29, 0.717) is 0 Å². The third kappa shape index (κ3) is 7.66. The van der Waals surface area contributed by atoms with Crippen molar-refractivity contribution in [1.29, 1.82) is 0 Å². The molecule has 0 saturated carbocycles. The van der Waals surface area contributed by atoms with Crippen LogP contribution in [0.5, 0.6) is 0 Å². The van der Waals surface area contributed by atoms with E-state index in [2.05, 4.69) is 33.9 Å². The van der Waals surface area contributed by atoms with Gasteiger partial charge in [-0.15, -0.1) is 11.8 Å². The van der Waals surface area contributed by atoms with Gasteiger partial charge in [0.2, 0.25) is 0 Å². The van der Waals surface area contributed by atoms with Crippen LogP contribution < -0.4 is 0 Å². The second-order valence-electron chi connectivity index (χ2n) is 3.61. The summed E-state index contributed by atoms with van der Waals surface area (Å²) in [6.45, 7) is 13.9. The van der Waals surface area contributed by atoms with Crippen LogP contribution in [0.3, 0.4) is 0 Å². The Morgan fingerprint density at radius 1 is 1.15 bits per heavy atom. The van der Waals surface area contributed by atoms with Crippen molar-refractivity contribution in [2.75, 3.05) is 0 Å². The minimum Gasteiger partial charge on any atom is -0.120 e. The number of hydrogen-bond donors (Lipinski definition) is 0. The summed E-state index contributed by atoms with van der Waals surface area (Å²) in [7, 11) is 0. The molecule has 0 amide bonds. The number of rotatable bonds is 4. The monoisotopic (exact) mass is 194 g/mol. The van der Waals surface area contributed by atoms with Gasteiger partial charge in [-0.2, -0.15) is 0 Å². The number of thioether (sulfide) groups is 1. The van der Waals surface area contributed by atoms with Gasteiger partial charge in [0.15, 0.2) is 0 Å². The Morgan fingerprint density at radius 3 is 2.15 bits per heavy atom. The molecule has 0 bridgehead atoms. The summed E-state index contributed by atoms with van der Waals surface area (Å²) in [5.74, 6) is 0. The Labute approximate surface area is 86.1 Å². The molecule has 0 aromatic carbocycles. The molecule has 0 saturated heterocycles. The van der Waals surface area contributed by atoms with E-state index in [9.17, 15) is 0 Å². The topological polar surface area (TPSA) is 0 Å². The lowest BCUT2D eigenvalue weighted by molar-refractivity contribution is 0.807. The molecule has 0 nitrogen and oxygen atoms in total. The van der Waals surface area contributed by atoms with Gasteiger partial charge in [0.05, 0.1) is 0 Å². The van der Waals surface area contributed by atoms with Crippen molar-refractivity contribution in [2.45, 2.75) is 25.5 Å². The van der Waals surface area contributed by atoms with Gasteiger partial charge >= 0.3 is 0 Å². The number of hydrogen-bond acceptors (Lipinski definition) is 1. The Bertz CT molecular complexity index is 226. The second-order valence-corrected chi connectivity index (χ2v) is 5.51. The molecular formula is C12H18S. The molecule has 0 spiro atoms. The molecule has 0 aliphatic carbocycles. The summed E-state index contributed by atoms with van der Waals surface area (Å²) < 4.78 is 0.238. The Kier molecular flexibility index (Phi) is 5.56. The summed E-state index contributed by atoms with van der Waals surface area (Å²) in [4.78, 5) is 1.19. The maximum atomic E-state index is 3.78. The predicted octanol–water partition coefficient (Wildman–Crippen LogP) is 4.33. The maximum absolute atomic E-state index is 3.78. The molecule has 0 N–H and O–H groups in total. The van der Waals surface area contributed by atoms with Gasteiger partial charge in [0.25, 0.3) is 0 Å². The lowest BCUT2D eigenvalue weighted by Gasteiger charge is -2.17. The highest BCUT2D eigenvalue weighted by molar-refractivity contribution is 8.04. The predicted molar refractivity (Wildman–Crippen MR) is 65.0 cm³/mol. The zero-order valence-electron chi connectivity index (χ0n) is 8.71. The molecule has 0 heterocycles. The molecule has 0 atom stereocenters. The Balaban J connectivity index is 4.34. The van der Waals surface area contributed by atoms with Crippen LogP contribution in [0.25, 0.3) is 0 Å². The van der Waals surface area contributed by atoms with Gasteiger partial charge < -0.3 is 0 Å². The van der Waals surface area contributed by atoms with Gasteiger partial charge in [-0.1, -0.05) is 58.2 Å². The standard InChI is InChI=1S/C12H18S/c1-6-8-9-10-11(7-2)13-12(3,4)5/h6-10H,1-2H2,3-5H3/b9-8-,11-10+. The highest BCUT2D eigenvalue weighted by Gasteiger charge is 2.11. The van der Waals surface area contributed by atoms with Gasteiger partial charge in [-0.25, -0.2) is 0 Å². The summed E-state index contributed by atoms with van der Waals surface area (Å²) in [6.07, 6.45) is 9.57. The van der Waals surface area contributed by atoms with Gasteiger partial charge in [-0.05, 0) is 6.08 Å². The summed E-state index contributed by atoms with van der Waals surface area (Å²) >= 11 is 1.81. The Morgan fingerprint density at radius 2 is 1.77 bits per heavy atom. The molecule has 0 aromatic rings. The first-order chi connectivity index (χ1) is 5.99. The van der Waals surface area contributed by atoms with Crippen molar-refractivity contribution in [3.63, 3.8) is 0 Å². The molecule has 72 valence electrons. The molecule has 0 aromatic heterocycles. The van der Waals surface area contributed by atoms with Crippen molar-refractivity contribution in [3.8, 4) is 0 Å². The van der Waals surface area contributed by atoms with Crippen LogP contribution in [0.2, 0.25) is 0 Å². The molecular weight excluding hydrogens is 176 g/mol. The van der Waals surface area contributed by atoms with Crippen molar-refractivity contribution >= 4 is 11.8 Å². The van der Waals surface area contributed by atoms with Crippen LogP contribution in [0.1, 0.15) is 20.8 Å². The molecule has 0 aliphatic heterocycles. The second kappa shape index (κ2) is 5.87. The molecule has 0 fully saturated rings. The van der Waals surface area contributed by atoms with Crippen molar-refractivity contribution in [3.05, 3.63) is 48.4 Å². The van der Waals surface area contributed by atoms with Gasteiger partial charge in [0.1, 0.15) is 0 Å². The lowest BCUT2D eigenvalue weighted by atomic mass is 10.3. The first-order valence-electron chi connectivity index (χ1n) is 4.30. The van der Waals surface area contributed by atoms with Crippen molar-refractivity contribution in [2.24, 2.45) is 0 Å². The molecule has 0 unspecified atom stereocenters. The minimum absolute atomic E-state index is 0.238. The van der Waals surface area contributed by atoms with Crippen molar-refractivity contribution < 1.29 is 0 Å². The smallest absolute Gasteiger partial charge is 0.0122 e. The molecule has 0 radical (unpaired) electrons. The summed E-state index contributed by atoms with van der Waals surface area (Å²) in [5.41, 5.74) is 0. The summed E-state index contributed by atoms with van der Waals surface area (Å²) in [5, 5.41) is 0. The van der Waals surface area contributed by atoms with E-state index >= 15 is 0 Å². The average Bonchev–Trinajstić information content (AvgIpc) is 2.01. The van der Waals surface area contributed by atoms with E-state index in [1.807, 2.05) is 36.1 Å². The van der Waals surface area contributed by atoms with E-state index in [1.165, 1.54) is 4.91 Å². The fourth-order valence-corrected chi connectivity index (χ4v) is 1.66. The third-order valence-corrected chi connectivity index (χ3v) is 2.28. The highest BCUT2D eigenvalue weighted by Crippen LogP contribution is 2.31. The molecule has 13 heavy (non-hydrogen) atoms.